The number of nitrogens with one attached hydrogen (secondary N) is 1. The van der Waals surface area contributed by atoms with E-state index >= 15 is 0 Å². The second-order valence-electron chi connectivity index (χ2n) is 6.34. The SMILES string of the molecule is I.NC(=NCC(O)COCc1ccccc1)Nc1ccc2c(c1)CCC2. The Hall–Kier alpha value is -1.64. The number of aliphatic hydroxyl groups excluding tert-OH is 1. The molecule has 140 valence electrons. The second kappa shape index (κ2) is 10.5. The normalized spacial score (nSPS) is 14.4. The molecule has 0 aliphatic heterocycles. The highest BCUT2D eigenvalue weighted by molar-refractivity contribution is 14.0. The Bertz CT molecular complexity index is 722. The third-order valence-corrected chi connectivity index (χ3v) is 4.27. The van der Waals surface area contributed by atoms with Gasteiger partial charge in [-0.2, -0.15) is 0 Å². The number of hydrogen-bond acceptors (Lipinski definition) is 3. The molecule has 0 spiro atoms. The number of anilines is 1. The fourth-order valence-electron chi connectivity index (χ4n) is 2.98. The lowest BCUT2D eigenvalue weighted by atomic mass is 10.1. The van der Waals surface area contributed by atoms with Gasteiger partial charge in [0.05, 0.1) is 25.9 Å². The van der Waals surface area contributed by atoms with Gasteiger partial charge in [-0.25, -0.2) is 0 Å². The highest BCUT2D eigenvalue weighted by atomic mass is 127. The van der Waals surface area contributed by atoms with E-state index in [1.54, 1.807) is 0 Å². The summed E-state index contributed by atoms with van der Waals surface area (Å²) in [6.45, 7) is 0.910. The zero-order valence-corrected chi connectivity index (χ0v) is 17.1. The van der Waals surface area contributed by atoms with Crippen molar-refractivity contribution in [2.75, 3.05) is 18.5 Å². The van der Waals surface area contributed by atoms with Crippen LogP contribution >= 0.6 is 24.0 Å². The summed E-state index contributed by atoms with van der Waals surface area (Å²) in [6.07, 6.45) is 2.83. The number of aliphatic hydroxyl groups is 1. The average Bonchev–Trinajstić information content (AvgIpc) is 3.09. The molecular formula is C20H26IN3O2. The van der Waals surface area contributed by atoms with E-state index in [4.69, 9.17) is 10.5 Å². The van der Waals surface area contributed by atoms with Crippen LogP contribution in [0.3, 0.4) is 0 Å². The first-order valence-corrected chi connectivity index (χ1v) is 8.69. The molecule has 0 saturated heterocycles. The molecule has 0 heterocycles. The fraction of sp³-hybridized carbons (Fsp3) is 0.350. The van der Waals surface area contributed by atoms with E-state index in [1.807, 2.05) is 36.4 Å². The number of aliphatic imine (C=N–C) groups is 1. The van der Waals surface area contributed by atoms with Crippen LogP contribution in [0.25, 0.3) is 0 Å². The molecule has 0 bridgehead atoms. The maximum Gasteiger partial charge on any atom is 0.193 e. The maximum atomic E-state index is 9.95. The monoisotopic (exact) mass is 467 g/mol. The van der Waals surface area contributed by atoms with Gasteiger partial charge < -0.3 is 20.9 Å². The van der Waals surface area contributed by atoms with Gasteiger partial charge in [0, 0.05) is 5.69 Å². The molecule has 1 atom stereocenters. The van der Waals surface area contributed by atoms with Crippen LogP contribution in [0.4, 0.5) is 5.69 Å². The molecule has 26 heavy (non-hydrogen) atoms. The zero-order valence-electron chi connectivity index (χ0n) is 14.7. The van der Waals surface area contributed by atoms with Crippen molar-refractivity contribution in [2.45, 2.75) is 32.0 Å². The number of fused-ring (bicyclic) bond motifs is 1. The molecule has 1 unspecified atom stereocenters. The average molecular weight is 467 g/mol. The predicted octanol–water partition coefficient (Wildman–Crippen LogP) is 3.10. The standard InChI is InChI=1S/C20H25N3O2.HI/c21-20(23-18-10-9-16-7-4-8-17(16)11-18)22-12-19(24)14-25-13-15-5-2-1-3-6-15;/h1-3,5-6,9-11,19,24H,4,7-8,12-14H2,(H3,21,22,23);1H. The van der Waals surface area contributed by atoms with E-state index in [-0.39, 0.29) is 37.1 Å². The minimum absolute atomic E-state index is 0. The molecular weight excluding hydrogens is 441 g/mol. The van der Waals surface area contributed by atoms with Crippen LogP contribution in [0.5, 0.6) is 0 Å². The van der Waals surface area contributed by atoms with Crippen LogP contribution in [-0.2, 0) is 24.2 Å². The first-order valence-electron chi connectivity index (χ1n) is 8.69. The van der Waals surface area contributed by atoms with Crippen molar-refractivity contribution in [3.63, 3.8) is 0 Å². The van der Waals surface area contributed by atoms with E-state index in [2.05, 4.69) is 22.4 Å². The van der Waals surface area contributed by atoms with E-state index in [0.29, 0.717) is 12.6 Å². The first kappa shape index (κ1) is 20.7. The van der Waals surface area contributed by atoms with Crippen LogP contribution in [-0.4, -0.2) is 30.3 Å². The molecule has 2 aromatic carbocycles. The smallest absolute Gasteiger partial charge is 0.193 e. The van der Waals surface area contributed by atoms with Crippen LogP contribution < -0.4 is 11.1 Å². The highest BCUT2D eigenvalue weighted by Gasteiger charge is 2.11. The van der Waals surface area contributed by atoms with Crippen molar-refractivity contribution in [2.24, 2.45) is 10.7 Å². The number of hydrogen-bond donors (Lipinski definition) is 3. The van der Waals surface area contributed by atoms with Crippen molar-refractivity contribution in [1.29, 1.82) is 0 Å². The largest absolute Gasteiger partial charge is 0.389 e. The molecule has 6 heteroatoms. The molecule has 5 nitrogen and oxygen atoms in total. The first-order chi connectivity index (χ1) is 12.2. The lowest BCUT2D eigenvalue weighted by Gasteiger charge is -2.11. The van der Waals surface area contributed by atoms with Gasteiger partial charge in [-0.3, -0.25) is 4.99 Å². The van der Waals surface area contributed by atoms with E-state index < -0.39 is 6.10 Å². The van der Waals surface area contributed by atoms with E-state index in [1.165, 1.54) is 17.5 Å². The van der Waals surface area contributed by atoms with Crippen molar-refractivity contribution >= 4 is 35.6 Å². The van der Waals surface area contributed by atoms with Gasteiger partial charge in [0.2, 0.25) is 0 Å². The Morgan fingerprint density at radius 1 is 1.15 bits per heavy atom. The van der Waals surface area contributed by atoms with Crippen molar-refractivity contribution < 1.29 is 9.84 Å². The zero-order chi connectivity index (χ0) is 17.5. The molecule has 2 aromatic rings. The van der Waals surface area contributed by atoms with Gasteiger partial charge in [-0.15, -0.1) is 24.0 Å². The summed E-state index contributed by atoms with van der Waals surface area (Å²) in [4.78, 5) is 4.19. The van der Waals surface area contributed by atoms with Gasteiger partial charge in [-0.1, -0.05) is 36.4 Å². The molecule has 3 rings (SSSR count). The Labute approximate surface area is 171 Å². The summed E-state index contributed by atoms with van der Waals surface area (Å²) in [5, 5.41) is 13.0. The van der Waals surface area contributed by atoms with E-state index in [0.717, 1.165) is 24.1 Å². The Morgan fingerprint density at radius 2 is 1.92 bits per heavy atom. The summed E-state index contributed by atoms with van der Waals surface area (Å²) in [5.74, 6) is 0.306. The topological polar surface area (TPSA) is 79.9 Å². The molecule has 1 aliphatic rings. The molecule has 4 N–H and O–H groups in total. The van der Waals surface area contributed by atoms with Crippen LogP contribution in [0.2, 0.25) is 0 Å². The molecule has 0 aromatic heterocycles. The quantitative estimate of drug-likeness (QED) is 0.332. The van der Waals surface area contributed by atoms with Gasteiger partial charge in [0.15, 0.2) is 5.96 Å². The number of aryl methyl sites for hydroxylation is 2. The Morgan fingerprint density at radius 3 is 2.73 bits per heavy atom. The van der Waals surface area contributed by atoms with E-state index in [9.17, 15) is 5.11 Å². The summed E-state index contributed by atoms with van der Waals surface area (Å²) < 4.78 is 5.50. The van der Waals surface area contributed by atoms with Gasteiger partial charge in [0.1, 0.15) is 0 Å². The number of benzene rings is 2. The minimum atomic E-state index is -0.677. The number of ether oxygens (including phenoxy) is 1. The van der Waals surface area contributed by atoms with Gasteiger partial charge >= 0.3 is 0 Å². The Kier molecular flexibility index (Phi) is 8.34. The highest BCUT2D eigenvalue weighted by Crippen LogP contribution is 2.24. The summed E-state index contributed by atoms with van der Waals surface area (Å²) in [5.41, 5.74) is 10.7. The minimum Gasteiger partial charge on any atom is -0.389 e. The summed E-state index contributed by atoms with van der Waals surface area (Å²) >= 11 is 0. The van der Waals surface area contributed by atoms with Crippen molar-refractivity contribution in [3.05, 3.63) is 65.2 Å². The number of nitrogens with two attached hydrogens (primary N) is 1. The van der Waals surface area contributed by atoms with Gasteiger partial charge in [0.25, 0.3) is 0 Å². The van der Waals surface area contributed by atoms with Gasteiger partial charge in [-0.05, 0) is 48.1 Å². The molecule has 0 fully saturated rings. The lowest BCUT2D eigenvalue weighted by molar-refractivity contribution is 0.0331. The van der Waals surface area contributed by atoms with Crippen LogP contribution in [0, 0.1) is 0 Å². The molecule has 1 aliphatic carbocycles. The summed E-state index contributed by atoms with van der Waals surface area (Å²) in [6, 6.07) is 16.2. The molecule has 0 amide bonds. The van der Waals surface area contributed by atoms with Crippen LogP contribution in [0.15, 0.2) is 53.5 Å². The third-order valence-electron chi connectivity index (χ3n) is 4.27. The number of nitrogens with zero attached hydrogens (tertiary/aromatic N) is 1. The lowest BCUT2D eigenvalue weighted by Crippen LogP contribution is -2.26. The maximum absolute atomic E-state index is 9.95. The number of rotatable bonds is 7. The van der Waals surface area contributed by atoms with Crippen molar-refractivity contribution in [3.8, 4) is 0 Å². The molecule has 0 radical (unpaired) electrons. The van der Waals surface area contributed by atoms with Crippen molar-refractivity contribution in [1.82, 2.24) is 0 Å². The second-order valence-corrected chi connectivity index (χ2v) is 6.34. The Balaban J connectivity index is 0.00000243. The summed E-state index contributed by atoms with van der Waals surface area (Å²) in [7, 11) is 0. The predicted molar refractivity (Wildman–Crippen MR) is 116 cm³/mol. The third kappa shape index (κ3) is 6.26. The molecule has 0 saturated carbocycles. The van der Waals surface area contributed by atoms with Crippen LogP contribution in [0.1, 0.15) is 23.1 Å². The number of halogens is 1. The number of guanidine groups is 1. The fourth-order valence-corrected chi connectivity index (χ4v) is 2.98.